The average Bonchev–Trinajstić information content (AvgIpc) is 2.75. The predicted molar refractivity (Wildman–Crippen MR) is 134 cm³/mol. The molecule has 0 saturated heterocycles. The highest BCUT2D eigenvalue weighted by Gasteiger charge is 2.66. The van der Waals surface area contributed by atoms with Crippen LogP contribution in [0.25, 0.3) is 0 Å². The van der Waals surface area contributed by atoms with E-state index in [0.29, 0.717) is 11.5 Å². The Kier molecular flexibility index (Phi) is 4.75. The van der Waals surface area contributed by atoms with Crippen molar-refractivity contribution < 1.29 is 14.7 Å². The number of hydrogen-bond donors (Lipinski definition) is 3. The summed E-state index contributed by atoms with van der Waals surface area (Å²) in [6, 6.07) is -0.431. The molecule has 0 aliphatic heterocycles. The van der Waals surface area contributed by atoms with Gasteiger partial charge in [0.2, 0.25) is 5.78 Å². The van der Waals surface area contributed by atoms with E-state index in [4.69, 9.17) is 5.73 Å². The third kappa shape index (κ3) is 2.85. The van der Waals surface area contributed by atoms with Crippen LogP contribution in [0.5, 0.6) is 0 Å². The van der Waals surface area contributed by atoms with E-state index in [1.165, 1.54) is 5.57 Å². The molecular weight excluding hydrogens is 424 g/mol. The van der Waals surface area contributed by atoms with E-state index < -0.39 is 6.03 Å². The Morgan fingerprint density at radius 1 is 1.03 bits per heavy atom. The van der Waals surface area contributed by atoms with E-state index in [-0.39, 0.29) is 38.7 Å². The summed E-state index contributed by atoms with van der Waals surface area (Å²) < 4.78 is 0. The van der Waals surface area contributed by atoms with Crippen molar-refractivity contribution in [3.63, 3.8) is 0 Å². The first-order valence-corrected chi connectivity index (χ1v) is 12.9. The molecule has 34 heavy (non-hydrogen) atoms. The summed E-state index contributed by atoms with van der Waals surface area (Å²) in [4.78, 5) is 24.4. The first-order valence-electron chi connectivity index (χ1n) is 12.9. The van der Waals surface area contributed by atoms with Crippen LogP contribution in [0.1, 0.15) is 86.5 Å². The van der Waals surface area contributed by atoms with E-state index in [1.807, 2.05) is 6.92 Å². The molecule has 0 aromatic heterocycles. The zero-order valence-corrected chi connectivity index (χ0v) is 21.6. The number of ketones is 1. The number of amides is 2. The summed E-state index contributed by atoms with van der Waals surface area (Å²) >= 11 is 0. The molecule has 5 aliphatic rings. The van der Waals surface area contributed by atoms with Crippen molar-refractivity contribution in [2.24, 2.45) is 33.3 Å². The zero-order valence-electron chi connectivity index (χ0n) is 21.6. The van der Waals surface area contributed by atoms with Crippen molar-refractivity contribution in [2.45, 2.75) is 92.0 Å². The Hall–Kier alpha value is -2.30. The molecule has 4 N–H and O–H groups in total. The largest absolute Gasteiger partial charge is 0.504 e. The number of allylic oxidation sites excluding steroid dienone is 7. The molecule has 2 amide bonds. The van der Waals surface area contributed by atoms with Crippen molar-refractivity contribution in [1.82, 2.24) is 5.32 Å². The molecule has 5 heteroatoms. The number of fused-ring (bicyclic) bond motifs is 7. The van der Waals surface area contributed by atoms with E-state index in [2.05, 4.69) is 52.1 Å². The molecule has 0 aromatic carbocycles. The van der Waals surface area contributed by atoms with Gasteiger partial charge in [0, 0.05) is 16.5 Å². The molecule has 0 heterocycles. The van der Waals surface area contributed by atoms with Crippen molar-refractivity contribution in [3.05, 3.63) is 46.3 Å². The van der Waals surface area contributed by atoms with Crippen molar-refractivity contribution >= 4 is 11.8 Å². The van der Waals surface area contributed by atoms with Crippen LogP contribution >= 0.6 is 0 Å². The van der Waals surface area contributed by atoms with Gasteiger partial charge < -0.3 is 16.2 Å². The fourth-order valence-electron chi connectivity index (χ4n) is 8.87. The standard InChI is InChI=1S/C29H40N2O3/c1-17-18-7-8-21-27(4,19(18)15-20(32)23(17)33)12-14-29(6)22-16-26(3,31-24(30)34)11-9-25(22,2)10-13-28(21,29)5/h7-8,15,22,33H,9-14,16H2,1-6H3,(H3,30,31,34)/t22-,25-,26-,27+,28-,29+/m1/s1. The summed E-state index contributed by atoms with van der Waals surface area (Å²) in [6.07, 6.45) is 13.5. The summed E-state index contributed by atoms with van der Waals surface area (Å²) in [6.45, 7) is 13.7. The van der Waals surface area contributed by atoms with Gasteiger partial charge >= 0.3 is 6.03 Å². The number of carbonyl (C=O) groups excluding carboxylic acids is 2. The number of primary amides is 1. The number of rotatable bonds is 1. The molecular formula is C29H40N2O3. The minimum Gasteiger partial charge on any atom is -0.504 e. The first kappa shape index (κ1) is 23.4. The maximum atomic E-state index is 12.6. The van der Waals surface area contributed by atoms with E-state index in [9.17, 15) is 14.7 Å². The van der Waals surface area contributed by atoms with Gasteiger partial charge in [-0.2, -0.15) is 0 Å². The zero-order chi connectivity index (χ0) is 24.9. The van der Waals surface area contributed by atoms with E-state index in [1.54, 1.807) is 6.08 Å². The van der Waals surface area contributed by atoms with Crippen LogP contribution in [0, 0.1) is 27.6 Å². The lowest BCUT2D eigenvalue weighted by Crippen LogP contribution is -2.64. The lowest BCUT2D eigenvalue weighted by molar-refractivity contribution is -0.152. The molecule has 0 radical (unpaired) electrons. The Bertz CT molecular complexity index is 1130. The molecule has 5 rings (SSSR count). The fourth-order valence-corrected chi connectivity index (χ4v) is 8.87. The van der Waals surface area contributed by atoms with Gasteiger partial charge in [-0.3, -0.25) is 4.79 Å². The van der Waals surface area contributed by atoms with Gasteiger partial charge in [0.1, 0.15) is 0 Å². The SMILES string of the molecule is CC1=C(O)C(=O)C=C2C1=CC=C1[C@@]2(C)CC[C@@]2(C)[C@@H]3C[C@](C)(NC(N)=O)CC[C@]3(C)CC[C@]12C. The number of carbonyl (C=O) groups is 2. The summed E-state index contributed by atoms with van der Waals surface area (Å²) in [5.74, 6) is 0.0643. The number of urea groups is 1. The maximum absolute atomic E-state index is 12.6. The van der Waals surface area contributed by atoms with Gasteiger partial charge in [-0.15, -0.1) is 0 Å². The number of nitrogens with two attached hydrogens (primary N) is 1. The number of aliphatic hydroxyl groups excluding tert-OH is 1. The highest BCUT2D eigenvalue weighted by molar-refractivity contribution is 6.06. The highest BCUT2D eigenvalue weighted by Crippen LogP contribution is 2.75. The molecule has 5 aliphatic carbocycles. The van der Waals surface area contributed by atoms with Gasteiger partial charge in [0.25, 0.3) is 0 Å². The van der Waals surface area contributed by atoms with Gasteiger partial charge in [-0.1, -0.05) is 45.4 Å². The lowest BCUT2D eigenvalue weighted by Gasteiger charge is -2.70. The van der Waals surface area contributed by atoms with E-state index >= 15 is 0 Å². The number of aliphatic hydroxyl groups is 1. The summed E-state index contributed by atoms with van der Waals surface area (Å²) in [5.41, 5.74) is 9.60. The van der Waals surface area contributed by atoms with Crippen LogP contribution in [0.3, 0.4) is 0 Å². The second-order valence-corrected chi connectivity index (χ2v) is 13.1. The molecule has 5 nitrogen and oxygen atoms in total. The third-order valence-corrected chi connectivity index (χ3v) is 11.3. The maximum Gasteiger partial charge on any atom is 0.312 e. The van der Waals surface area contributed by atoms with Crippen molar-refractivity contribution in [3.8, 4) is 0 Å². The molecule has 0 spiro atoms. The second-order valence-electron chi connectivity index (χ2n) is 13.1. The van der Waals surface area contributed by atoms with Crippen LogP contribution in [0.15, 0.2) is 46.3 Å². The average molecular weight is 465 g/mol. The van der Waals surface area contributed by atoms with E-state index in [0.717, 1.165) is 56.1 Å². The van der Waals surface area contributed by atoms with Crippen molar-refractivity contribution in [1.29, 1.82) is 0 Å². The molecule has 6 atom stereocenters. The molecule has 0 bridgehead atoms. The monoisotopic (exact) mass is 464 g/mol. The highest BCUT2D eigenvalue weighted by atomic mass is 16.3. The number of hydrogen-bond acceptors (Lipinski definition) is 3. The fraction of sp³-hybridized carbons (Fsp3) is 0.655. The van der Waals surface area contributed by atoms with Gasteiger partial charge in [-0.05, 0) is 98.2 Å². The summed E-state index contributed by atoms with van der Waals surface area (Å²) in [5, 5.41) is 13.4. The topological polar surface area (TPSA) is 92.4 Å². The Morgan fingerprint density at radius 2 is 1.71 bits per heavy atom. The summed E-state index contributed by atoms with van der Waals surface area (Å²) in [7, 11) is 0. The van der Waals surface area contributed by atoms with Crippen LogP contribution in [0.4, 0.5) is 4.79 Å². The van der Waals surface area contributed by atoms with Crippen LogP contribution in [-0.4, -0.2) is 22.5 Å². The second kappa shape index (κ2) is 6.89. The van der Waals surface area contributed by atoms with Gasteiger partial charge in [0.15, 0.2) is 5.76 Å². The number of nitrogens with one attached hydrogen (secondary N) is 1. The van der Waals surface area contributed by atoms with Crippen LogP contribution in [-0.2, 0) is 4.79 Å². The predicted octanol–water partition coefficient (Wildman–Crippen LogP) is 6.03. The Balaban J connectivity index is 1.61. The normalized spacial score (nSPS) is 45.6. The molecule has 0 aromatic rings. The van der Waals surface area contributed by atoms with Crippen LogP contribution < -0.4 is 11.1 Å². The smallest absolute Gasteiger partial charge is 0.312 e. The minimum absolute atomic E-state index is 0.0157. The Morgan fingerprint density at radius 3 is 2.38 bits per heavy atom. The Labute approximate surface area is 203 Å². The van der Waals surface area contributed by atoms with Crippen LogP contribution in [0.2, 0.25) is 0 Å². The van der Waals surface area contributed by atoms with Crippen molar-refractivity contribution in [2.75, 3.05) is 0 Å². The molecule has 0 unspecified atom stereocenters. The molecule has 3 fully saturated rings. The quantitative estimate of drug-likeness (QED) is 0.442. The third-order valence-electron chi connectivity index (χ3n) is 11.3. The lowest BCUT2D eigenvalue weighted by atomic mass is 9.35. The minimum atomic E-state index is -0.431. The van der Waals surface area contributed by atoms with Gasteiger partial charge in [-0.25, -0.2) is 4.79 Å². The molecule has 3 saturated carbocycles. The molecule has 184 valence electrons. The first-order chi connectivity index (χ1) is 15.7. The van der Waals surface area contributed by atoms with Gasteiger partial charge in [0.05, 0.1) is 0 Å².